The minimum absolute atomic E-state index is 0.0415. The Morgan fingerprint density at radius 2 is 1.54 bits per heavy atom. The van der Waals surface area contributed by atoms with Crippen molar-refractivity contribution < 1.29 is 29.3 Å². The number of carbonyl (C=O) groups excluding carboxylic acids is 1. The number of hydrogen-bond acceptors (Lipinski definition) is 4. The molecular weight excluding hydrogens is 312 g/mol. The molecule has 3 atom stereocenters. The van der Waals surface area contributed by atoms with Gasteiger partial charge in [0.15, 0.2) is 0 Å². The van der Waals surface area contributed by atoms with Crippen LogP contribution in [0.2, 0.25) is 0 Å². The molecule has 0 spiro atoms. The highest BCUT2D eigenvalue weighted by atomic mass is 16.5. The molecule has 0 rings (SSSR count). The van der Waals surface area contributed by atoms with E-state index in [9.17, 15) is 14.4 Å². The van der Waals surface area contributed by atoms with Gasteiger partial charge in [-0.1, -0.05) is 27.7 Å². The van der Waals surface area contributed by atoms with E-state index in [1.54, 1.807) is 13.8 Å². The van der Waals surface area contributed by atoms with Crippen molar-refractivity contribution in [1.82, 2.24) is 0 Å². The van der Waals surface area contributed by atoms with Crippen LogP contribution in [0.3, 0.4) is 0 Å². The van der Waals surface area contributed by atoms with E-state index in [2.05, 4.69) is 0 Å². The Kier molecular flexibility index (Phi) is 8.44. The van der Waals surface area contributed by atoms with Gasteiger partial charge in [-0.25, -0.2) is 0 Å². The van der Waals surface area contributed by atoms with Crippen molar-refractivity contribution in [2.24, 2.45) is 22.7 Å². The Morgan fingerprint density at radius 1 is 1.00 bits per heavy atom. The average Bonchev–Trinajstić information content (AvgIpc) is 2.42. The maximum absolute atomic E-state index is 12.2. The van der Waals surface area contributed by atoms with Crippen LogP contribution in [0.15, 0.2) is 0 Å². The molecule has 24 heavy (non-hydrogen) atoms. The Morgan fingerprint density at radius 3 is 1.96 bits per heavy atom. The molecule has 0 aromatic heterocycles. The van der Waals surface area contributed by atoms with Crippen LogP contribution in [0.25, 0.3) is 0 Å². The fourth-order valence-electron chi connectivity index (χ4n) is 3.33. The van der Waals surface area contributed by atoms with Crippen LogP contribution < -0.4 is 0 Å². The van der Waals surface area contributed by atoms with Crippen LogP contribution in [0.1, 0.15) is 66.7 Å². The molecule has 0 radical (unpaired) electrons. The molecule has 0 saturated carbocycles. The normalized spacial score (nSPS) is 16.8. The van der Waals surface area contributed by atoms with Crippen LogP contribution in [0.4, 0.5) is 0 Å². The number of rotatable bonds is 11. The third-order valence-electron chi connectivity index (χ3n) is 4.63. The van der Waals surface area contributed by atoms with Crippen molar-refractivity contribution in [1.29, 1.82) is 0 Å². The molecule has 0 bridgehead atoms. The van der Waals surface area contributed by atoms with Crippen molar-refractivity contribution in [3.8, 4) is 0 Å². The number of esters is 1. The zero-order valence-electron chi connectivity index (χ0n) is 15.7. The third kappa shape index (κ3) is 7.79. The molecule has 2 N–H and O–H groups in total. The van der Waals surface area contributed by atoms with E-state index in [1.807, 2.05) is 20.8 Å². The van der Waals surface area contributed by atoms with Crippen molar-refractivity contribution in [2.45, 2.75) is 66.7 Å². The lowest BCUT2D eigenvalue weighted by Crippen LogP contribution is -2.34. The number of ether oxygens (including phenoxy) is 1. The van der Waals surface area contributed by atoms with Crippen molar-refractivity contribution in [3.63, 3.8) is 0 Å². The lowest BCUT2D eigenvalue weighted by Gasteiger charge is -2.34. The highest BCUT2D eigenvalue weighted by Gasteiger charge is 2.39. The summed E-state index contributed by atoms with van der Waals surface area (Å²) in [4.78, 5) is 34.1. The van der Waals surface area contributed by atoms with E-state index in [1.165, 1.54) is 7.11 Å². The van der Waals surface area contributed by atoms with Gasteiger partial charge in [-0.05, 0) is 43.9 Å². The first-order valence-corrected chi connectivity index (χ1v) is 8.36. The Bertz CT molecular complexity index is 456. The van der Waals surface area contributed by atoms with E-state index in [0.29, 0.717) is 12.8 Å². The SMILES string of the molecule is COC(=O)C(C)(CCC(C)(C)CC(C)CC(=O)O)CC(C)C(=O)O. The topological polar surface area (TPSA) is 101 Å². The molecule has 0 aliphatic carbocycles. The first-order chi connectivity index (χ1) is 10.8. The molecule has 140 valence electrons. The van der Waals surface area contributed by atoms with Gasteiger partial charge in [0.1, 0.15) is 0 Å². The molecule has 0 aromatic rings. The van der Waals surface area contributed by atoms with Crippen LogP contribution in [-0.2, 0) is 19.1 Å². The lowest BCUT2D eigenvalue weighted by atomic mass is 9.71. The van der Waals surface area contributed by atoms with Crippen LogP contribution in [-0.4, -0.2) is 35.2 Å². The second-order valence-corrected chi connectivity index (χ2v) is 8.07. The van der Waals surface area contributed by atoms with Crippen molar-refractivity contribution in [3.05, 3.63) is 0 Å². The van der Waals surface area contributed by atoms with E-state index in [-0.39, 0.29) is 24.2 Å². The molecule has 0 aromatic carbocycles. The largest absolute Gasteiger partial charge is 0.481 e. The summed E-state index contributed by atoms with van der Waals surface area (Å²) in [5.74, 6) is -2.74. The highest BCUT2D eigenvalue weighted by molar-refractivity contribution is 5.78. The maximum Gasteiger partial charge on any atom is 0.311 e. The summed E-state index contributed by atoms with van der Waals surface area (Å²) >= 11 is 0. The maximum atomic E-state index is 12.2. The van der Waals surface area contributed by atoms with Crippen molar-refractivity contribution >= 4 is 17.9 Å². The van der Waals surface area contributed by atoms with Crippen molar-refractivity contribution in [2.75, 3.05) is 7.11 Å². The third-order valence-corrected chi connectivity index (χ3v) is 4.63. The summed E-state index contributed by atoms with van der Waals surface area (Å²) in [7, 11) is 1.31. The monoisotopic (exact) mass is 344 g/mol. The first-order valence-electron chi connectivity index (χ1n) is 8.36. The smallest absolute Gasteiger partial charge is 0.311 e. The molecule has 0 aliphatic heterocycles. The minimum Gasteiger partial charge on any atom is -0.481 e. The summed E-state index contributed by atoms with van der Waals surface area (Å²) in [6, 6.07) is 0. The van der Waals surface area contributed by atoms with Gasteiger partial charge in [-0.3, -0.25) is 14.4 Å². The zero-order chi connectivity index (χ0) is 19.1. The predicted octanol–water partition coefficient (Wildman–Crippen LogP) is 3.58. The molecular formula is C18H32O6. The van der Waals surface area contributed by atoms with Gasteiger partial charge >= 0.3 is 17.9 Å². The van der Waals surface area contributed by atoms with Crippen LogP contribution in [0.5, 0.6) is 0 Å². The average molecular weight is 344 g/mol. The highest BCUT2D eigenvalue weighted by Crippen LogP contribution is 2.40. The number of carbonyl (C=O) groups is 3. The molecule has 0 aliphatic rings. The minimum atomic E-state index is -0.931. The van der Waals surface area contributed by atoms with Gasteiger partial charge in [-0.15, -0.1) is 0 Å². The molecule has 0 heterocycles. The van der Waals surface area contributed by atoms with Gasteiger partial charge in [0.25, 0.3) is 0 Å². The zero-order valence-corrected chi connectivity index (χ0v) is 15.7. The van der Waals surface area contributed by atoms with E-state index in [0.717, 1.165) is 6.42 Å². The Hall–Kier alpha value is -1.59. The van der Waals surface area contributed by atoms with Gasteiger partial charge in [-0.2, -0.15) is 0 Å². The fourth-order valence-corrected chi connectivity index (χ4v) is 3.33. The van der Waals surface area contributed by atoms with Crippen LogP contribution >= 0.6 is 0 Å². The van der Waals surface area contributed by atoms with Gasteiger partial charge in [0.05, 0.1) is 18.4 Å². The van der Waals surface area contributed by atoms with E-state index < -0.39 is 29.2 Å². The molecule has 6 nitrogen and oxygen atoms in total. The molecule has 0 amide bonds. The Balaban J connectivity index is 4.94. The van der Waals surface area contributed by atoms with E-state index >= 15 is 0 Å². The second-order valence-electron chi connectivity index (χ2n) is 8.07. The molecule has 3 unspecified atom stereocenters. The summed E-state index contributed by atoms with van der Waals surface area (Å²) in [6.07, 6.45) is 2.26. The standard InChI is InChI=1S/C18H32O6/c1-12(9-14(19)20)10-17(3,4)7-8-18(5,16(23)24-6)11-13(2)15(21)22/h12-13H,7-11H2,1-6H3,(H,19,20)(H,21,22). The van der Waals surface area contributed by atoms with Gasteiger partial charge in [0, 0.05) is 6.42 Å². The van der Waals surface area contributed by atoms with E-state index in [4.69, 9.17) is 14.9 Å². The molecule has 0 saturated heterocycles. The Labute approximate surface area is 144 Å². The summed E-state index contributed by atoms with van der Waals surface area (Å²) in [6.45, 7) is 9.33. The van der Waals surface area contributed by atoms with Crippen LogP contribution in [0, 0.1) is 22.7 Å². The molecule has 0 fully saturated rings. The number of hydrogen-bond donors (Lipinski definition) is 2. The number of aliphatic carboxylic acids is 2. The van der Waals surface area contributed by atoms with Gasteiger partial charge in [0.2, 0.25) is 0 Å². The molecule has 6 heteroatoms. The summed E-state index contributed by atoms with van der Waals surface area (Å²) in [5, 5.41) is 18.0. The predicted molar refractivity (Wildman–Crippen MR) is 90.6 cm³/mol. The number of carboxylic acids is 2. The summed E-state index contributed by atoms with van der Waals surface area (Å²) < 4.78 is 4.89. The number of methoxy groups -OCH3 is 1. The fraction of sp³-hybridized carbons (Fsp3) is 0.833. The lowest BCUT2D eigenvalue weighted by molar-refractivity contribution is -0.155. The summed E-state index contributed by atoms with van der Waals surface area (Å²) in [5.41, 5.74) is -1.00. The quantitative estimate of drug-likeness (QED) is 0.556. The second kappa shape index (κ2) is 9.04. The first kappa shape index (κ1) is 22.4. The number of carboxylic acid groups (broad SMARTS) is 2. The van der Waals surface area contributed by atoms with Gasteiger partial charge < -0.3 is 14.9 Å².